The van der Waals surface area contributed by atoms with Gasteiger partial charge < -0.3 is 15.2 Å². The summed E-state index contributed by atoms with van der Waals surface area (Å²) in [5.74, 6) is -1.22. The van der Waals surface area contributed by atoms with Crippen LogP contribution >= 0.6 is 11.3 Å². The van der Waals surface area contributed by atoms with Crippen molar-refractivity contribution < 1.29 is 23.8 Å². The van der Waals surface area contributed by atoms with Crippen LogP contribution in [0.15, 0.2) is 29.6 Å². The molecule has 6 nitrogen and oxygen atoms in total. The third kappa shape index (κ3) is 5.67. The molecule has 1 aromatic heterocycles. The third-order valence-corrected chi connectivity index (χ3v) is 3.67. The van der Waals surface area contributed by atoms with Gasteiger partial charge in [-0.05, 0) is 18.6 Å². The molecule has 2 aromatic rings. The molecule has 0 saturated heterocycles. The Balaban J connectivity index is 1.64. The van der Waals surface area contributed by atoms with E-state index in [0.717, 1.165) is 0 Å². The summed E-state index contributed by atoms with van der Waals surface area (Å²) in [7, 11) is 0. The number of carboxylic acids is 1. The van der Waals surface area contributed by atoms with Crippen molar-refractivity contribution in [2.75, 3.05) is 6.61 Å². The van der Waals surface area contributed by atoms with Crippen LogP contribution in [0.4, 0.5) is 4.39 Å². The molecule has 1 heterocycles. The fraction of sp³-hybridized carbons (Fsp3) is 0.267. The van der Waals surface area contributed by atoms with Crippen molar-refractivity contribution in [3.8, 4) is 5.75 Å². The van der Waals surface area contributed by atoms with Crippen LogP contribution in [0.1, 0.15) is 28.3 Å². The quantitative estimate of drug-likeness (QED) is 0.722. The molecule has 0 unspecified atom stereocenters. The first-order valence-corrected chi connectivity index (χ1v) is 7.75. The zero-order chi connectivity index (χ0) is 16.7. The molecular weight excluding hydrogens is 323 g/mol. The second-order valence-electron chi connectivity index (χ2n) is 4.62. The summed E-state index contributed by atoms with van der Waals surface area (Å²) in [5, 5.41) is 13.4. The molecule has 0 aliphatic heterocycles. The van der Waals surface area contributed by atoms with E-state index in [9.17, 15) is 14.0 Å². The number of hydrogen-bond donors (Lipinski definition) is 2. The maximum Gasteiger partial charge on any atom is 0.355 e. The number of carboxylic acid groups (broad SMARTS) is 1. The minimum Gasteiger partial charge on any atom is -0.493 e. The second-order valence-corrected chi connectivity index (χ2v) is 5.56. The monoisotopic (exact) mass is 338 g/mol. The Kier molecular flexibility index (Phi) is 6.04. The highest BCUT2D eigenvalue weighted by Crippen LogP contribution is 2.12. The number of ether oxygens (including phenoxy) is 1. The standard InChI is InChI=1S/C15H15FN2O4S/c16-10-3-1-4-11(7-10)22-6-2-5-13(19)17-8-14-18-12(9-23-14)15(20)21/h1,3-4,7,9H,2,5-6,8H2,(H,17,19)(H,20,21). The highest BCUT2D eigenvalue weighted by molar-refractivity contribution is 7.09. The number of aromatic nitrogens is 1. The van der Waals surface area contributed by atoms with Gasteiger partial charge in [-0.25, -0.2) is 14.2 Å². The number of benzene rings is 1. The lowest BCUT2D eigenvalue weighted by Gasteiger charge is -2.06. The Morgan fingerprint density at radius 3 is 2.91 bits per heavy atom. The Morgan fingerprint density at radius 2 is 2.22 bits per heavy atom. The van der Waals surface area contributed by atoms with E-state index in [1.165, 1.54) is 28.8 Å². The van der Waals surface area contributed by atoms with E-state index in [4.69, 9.17) is 9.84 Å². The summed E-state index contributed by atoms with van der Waals surface area (Å²) in [5.41, 5.74) is -0.0252. The van der Waals surface area contributed by atoms with Gasteiger partial charge in [0.25, 0.3) is 0 Å². The fourth-order valence-electron chi connectivity index (χ4n) is 1.73. The van der Waals surface area contributed by atoms with Crippen molar-refractivity contribution in [2.24, 2.45) is 0 Å². The van der Waals surface area contributed by atoms with Crippen LogP contribution in [-0.4, -0.2) is 28.6 Å². The van der Waals surface area contributed by atoms with Gasteiger partial charge in [-0.15, -0.1) is 11.3 Å². The molecule has 0 aliphatic carbocycles. The van der Waals surface area contributed by atoms with Gasteiger partial charge in [-0.3, -0.25) is 4.79 Å². The Hall–Kier alpha value is -2.48. The first-order valence-electron chi connectivity index (χ1n) is 6.87. The topological polar surface area (TPSA) is 88.5 Å². The number of hydrogen-bond acceptors (Lipinski definition) is 5. The first-order chi connectivity index (χ1) is 11.0. The number of nitrogens with zero attached hydrogens (tertiary/aromatic N) is 1. The number of nitrogens with one attached hydrogen (secondary N) is 1. The van der Waals surface area contributed by atoms with Gasteiger partial charge in [0.15, 0.2) is 5.69 Å². The van der Waals surface area contributed by atoms with Crippen LogP contribution in [-0.2, 0) is 11.3 Å². The molecule has 1 aromatic carbocycles. The van der Waals surface area contributed by atoms with E-state index in [2.05, 4.69) is 10.3 Å². The maximum atomic E-state index is 12.9. The predicted molar refractivity (Wildman–Crippen MR) is 82.0 cm³/mol. The molecule has 0 aliphatic rings. The van der Waals surface area contributed by atoms with Gasteiger partial charge in [-0.1, -0.05) is 6.07 Å². The van der Waals surface area contributed by atoms with Crippen molar-refractivity contribution >= 4 is 23.2 Å². The average molecular weight is 338 g/mol. The van der Waals surface area contributed by atoms with Gasteiger partial charge >= 0.3 is 5.97 Å². The summed E-state index contributed by atoms with van der Waals surface area (Å²) in [6.07, 6.45) is 0.743. The van der Waals surface area contributed by atoms with Crippen LogP contribution in [0.2, 0.25) is 0 Å². The van der Waals surface area contributed by atoms with E-state index >= 15 is 0 Å². The zero-order valence-electron chi connectivity index (χ0n) is 12.1. The Labute approximate surface area is 135 Å². The molecule has 0 atom stereocenters. The van der Waals surface area contributed by atoms with E-state index < -0.39 is 5.97 Å². The SMILES string of the molecule is O=C(CCCOc1cccc(F)c1)NCc1nc(C(=O)O)cs1. The molecule has 0 bridgehead atoms. The van der Waals surface area contributed by atoms with Gasteiger partial charge in [0.05, 0.1) is 13.2 Å². The number of carbonyl (C=O) groups is 2. The smallest absolute Gasteiger partial charge is 0.355 e. The molecule has 0 saturated carbocycles. The molecule has 23 heavy (non-hydrogen) atoms. The molecule has 2 N–H and O–H groups in total. The minimum absolute atomic E-state index is 0.0252. The van der Waals surface area contributed by atoms with E-state index in [0.29, 0.717) is 23.8 Å². The number of aromatic carboxylic acids is 1. The highest BCUT2D eigenvalue weighted by Gasteiger charge is 2.09. The van der Waals surface area contributed by atoms with Crippen LogP contribution in [0.3, 0.4) is 0 Å². The summed E-state index contributed by atoms with van der Waals surface area (Å²) < 4.78 is 18.3. The number of thiazole rings is 1. The van der Waals surface area contributed by atoms with Gasteiger partial charge in [0, 0.05) is 17.9 Å². The van der Waals surface area contributed by atoms with Crippen LogP contribution in [0.25, 0.3) is 0 Å². The molecule has 0 spiro atoms. The normalized spacial score (nSPS) is 10.3. The lowest BCUT2D eigenvalue weighted by Crippen LogP contribution is -2.23. The summed E-state index contributed by atoms with van der Waals surface area (Å²) in [6.45, 7) is 0.499. The minimum atomic E-state index is -1.09. The summed E-state index contributed by atoms with van der Waals surface area (Å²) >= 11 is 1.18. The molecule has 0 fully saturated rings. The highest BCUT2D eigenvalue weighted by atomic mass is 32.1. The van der Waals surface area contributed by atoms with Crippen LogP contribution in [0, 0.1) is 5.82 Å². The fourth-order valence-corrected chi connectivity index (χ4v) is 2.44. The number of halogens is 1. The molecule has 0 radical (unpaired) electrons. The third-order valence-electron chi connectivity index (χ3n) is 2.82. The van der Waals surface area contributed by atoms with Gasteiger partial charge in [0.1, 0.15) is 16.6 Å². The van der Waals surface area contributed by atoms with E-state index in [1.807, 2.05) is 0 Å². The summed E-state index contributed by atoms with van der Waals surface area (Å²) in [6, 6.07) is 5.81. The molecule has 8 heteroatoms. The van der Waals surface area contributed by atoms with Crippen LogP contribution < -0.4 is 10.1 Å². The molecular formula is C15H15FN2O4S. The van der Waals surface area contributed by atoms with Gasteiger partial charge in [0.2, 0.25) is 5.91 Å². The van der Waals surface area contributed by atoms with Crippen molar-refractivity contribution in [1.29, 1.82) is 0 Å². The first kappa shape index (κ1) is 16.9. The Morgan fingerprint density at radius 1 is 1.39 bits per heavy atom. The lowest BCUT2D eigenvalue weighted by atomic mass is 10.3. The predicted octanol–water partition coefficient (Wildman–Crippen LogP) is 2.46. The van der Waals surface area contributed by atoms with Crippen molar-refractivity contribution in [3.05, 3.63) is 46.2 Å². The maximum absolute atomic E-state index is 12.9. The number of amides is 1. The molecule has 2 rings (SSSR count). The largest absolute Gasteiger partial charge is 0.493 e. The van der Waals surface area contributed by atoms with Gasteiger partial charge in [-0.2, -0.15) is 0 Å². The van der Waals surface area contributed by atoms with Crippen LogP contribution in [0.5, 0.6) is 5.75 Å². The van der Waals surface area contributed by atoms with E-state index in [1.54, 1.807) is 12.1 Å². The van der Waals surface area contributed by atoms with Crippen molar-refractivity contribution in [2.45, 2.75) is 19.4 Å². The number of carbonyl (C=O) groups excluding carboxylic acids is 1. The zero-order valence-corrected chi connectivity index (χ0v) is 12.9. The lowest BCUT2D eigenvalue weighted by molar-refractivity contribution is -0.121. The average Bonchev–Trinajstić information content (AvgIpc) is 2.99. The Bertz CT molecular complexity index is 690. The molecule has 122 valence electrons. The van der Waals surface area contributed by atoms with Crippen molar-refractivity contribution in [1.82, 2.24) is 10.3 Å². The second kappa shape index (κ2) is 8.23. The van der Waals surface area contributed by atoms with Crippen molar-refractivity contribution in [3.63, 3.8) is 0 Å². The summed E-state index contributed by atoms with van der Waals surface area (Å²) in [4.78, 5) is 26.2. The number of rotatable bonds is 8. The molecule has 1 amide bonds. The van der Waals surface area contributed by atoms with E-state index in [-0.39, 0.29) is 30.4 Å².